The van der Waals surface area contributed by atoms with Crippen molar-refractivity contribution in [2.75, 3.05) is 53.4 Å². The van der Waals surface area contributed by atoms with E-state index in [1.54, 1.807) is 6.26 Å². The topological polar surface area (TPSA) is 56.0 Å². The minimum absolute atomic E-state index is 0. The minimum atomic E-state index is 0. The summed E-state index contributed by atoms with van der Waals surface area (Å²) < 4.78 is 5.74. The zero-order valence-electron chi connectivity index (χ0n) is 17.5. The highest BCUT2D eigenvalue weighted by Crippen LogP contribution is 2.24. The van der Waals surface area contributed by atoms with Crippen LogP contribution in [0.15, 0.2) is 27.8 Å². The largest absolute Gasteiger partial charge is 0.468 e. The van der Waals surface area contributed by atoms with Crippen LogP contribution in [-0.2, 0) is 0 Å². The summed E-state index contributed by atoms with van der Waals surface area (Å²) in [5.74, 6) is 2.79. The third-order valence-electron chi connectivity index (χ3n) is 6.07. The van der Waals surface area contributed by atoms with Crippen LogP contribution < -0.4 is 10.6 Å². The van der Waals surface area contributed by atoms with Crippen molar-refractivity contribution in [1.29, 1.82) is 0 Å². The van der Waals surface area contributed by atoms with Gasteiger partial charge in [0.25, 0.3) is 0 Å². The number of nitrogens with one attached hydrogen (secondary N) is 2. The number of likely N-dealkylation sites (tertiary alicyclic amines) is 2. The molecule has 0 aliphatic carbocycles. The maximum absolute atomic E-state index is 5.74. The highest BCUT2D eigenvalue weighted by molar-refractivity contribution is 14.0. The van der Waals surface area contributed by atoms with E-state index in [2.05, 4.69) is 38.5 Å². The van der Waals surface area contributed by atoms with Crippen molar-refractivity contribution in [3.8, 4) is 0 Å². The fourth-order valence-corrected chi connectivity index (χ4v) is 4.28. The Kier molecular flexibility index (Phi) is 10.6. The van der Waals surface area contributed by atoms with Crippen molar-refractivity contribution in [1.82, 2.24) is 20.4 Å². The quantitative estimate of drug-likeness (QED) is 0.340. The number of rotatable bonds is 7. The molecule has 2 fully saturated rings. The molecule has 0 saturated carbocycles. The second-order valence-corrected chi connectivity index (χ2v) is 8.04. The Balaban J connectivity index is 0.00000280. The van der Waals surface area contributed by atoms with E-state index in [-0.39, 0.29) is 30.0 Å². The molecule has 1 aromatic rings. The second-order valence-electron chi connectivity index (χ2n) is 8.04. The van der Waals surface area contributed by atoms with Gasteiger partial charge in [-0.15, -0.1) is 24.0 Å². The Labute approximate surface area is 187 Å². The number of hydrogen-bond acceptors (Lipinski definition) is 4. The molecule has 7 heteroatoms. The third kappa shape index (κ3) is 7.22. The van der Waals surface area contributed by atoms with Gasteiger partial charge in [0.15, 0.2) is 5.96 Å². The van der Waals surface area contributed by atoms with Crippen LogP contribution in [0.2, 0.25) is 0 Å². The van der Waals surface area contributed by atoms with E-state index in [0.29, 0.717) is 0 Å². The average Bonchev–Trinajstić information content (AvgIpc) is 3.23. The molecular weight excluding hydrogens is 465 g/mol. The predicted octanol–water partition coefficient (Wildman–Crippen LogP) is 3.32. The van der Waals surface area contributed by atoms with E-state index in [1.807, 2.05) is 13.1 Å². The molecule has 0 amide bonds. The molecule has 1 aromatic heterocycles. The van der Waals surface area contributed by atoms with Crippen LogP contribution in [0.5, 0.6) is 0 Å². The zero-order chi connectivity index (χ0) is 18.9. The van der Waals surface area contributed by atoms with Crippen molar-refractivity contribution in [3.63, 3.8) is 0 Å². The minimum Gasteiger partial charge on any atom is -0.468 e. The van der Waals surface area contributed by atoms with E-state index >= 15 is 0 Å². The summed E-state index contributed by atoms with van der Waals surface area (Å²) in [7, 11) is 4.08. The van der Waals surface area contributed by atoms with Gasteiger partial charge >= 0.3 is 0 Å². The summed E-state index contributed by atoms with van der Waals surface area (Å²) >= 11 is 0. The number of nitrogens with zero attached hydrogens (tertiary/aromatic N) is 3. The summed E-state index contributed by atoms with van der Waals surface area (Å²) in [5.41, 5.74) is 0. The van der Waals surface area contributed by atoms with E-state index in [1.165, 1.54) is 51.6 Å². The zero-order valence-corrected chi connectivity index (χ0v) is 19.9. The lowest BCUT2D eigenvalue weighted by Crippen LogP contribution is -2.44. The number of aliphatic imine (C=N–C) groups is 1. The van der Waals surface area contributed by atoms with Gasteiger partial charge in [-0.2, -0.15) is 0 Å². The van der Waals surface area contributed by atoms with Crippen molar-refractivity contribution in [3.05, 3.63) is 24.2 Å². The summed E-state index contributed by atoms with van der Waals surface area (Å²) in [4.78, 5) is 9.39. The van der Waals surface area contributed by atoms with Crippen LogP contribution in [0.1, 0.15) is 50.3 Å². The first-order chi connectivity index (χ1) is 13.3. The van der Waals surface area contributed by atoms with Gasteiger partial charge in [0.2, 0.25) is 0 Å². The number of furan rings is 1. The van der Waals surface area contributed by atoms with Gasteiger partial charge in [-0.1, -0.05) is 6.42 Å². The smallest absolute Gasteiger partial charge is 0.191 e. The summed E-state index contributed by atoms with van der Waals surface area (Å²) in [6, 6.07) is 4.35. The van der Waals surface area contributed by atoms with Crippen molar-refractivity contribution in [2.45, 2.75) is 44.6 Å². The number of piperidine rings is 2. The van der Waals surface area contributed by atoms with Crippen LogP contribution in [0.3, 0.4) is 0 Å². The van der Waals surface area contributed by atoms with Gasteiger partial charge in [-0.05, 0) is 83.4 Å². The molecule has 3 rings (SSSR count). The normalized spacial score (nSPS) is 21.1. The lowest BCUT2D eigenvalue weighted by molar-refractivity contribution is 0.146. The van der Waals surface area contributed by atoms with Crippen LogP contribution in [0.25, 0.3) is 0 Å². The Morgan fingerprint density at radius 2 is 1.93 bits per heavy atom. The Morgan fingerprint density at radius 1 is 1.18 bits per heavy atom. The molecule has 2 saturated heterocycles. The van der Waals surface area contributed by atoms with Crippen molar-refractivity contribution >= 4 is 29.9 Å². The Morgan fingerprint density at radius 3 is 2.57 bits per heavy atom. The standard InChI is InChI=1S/C21H37N5O.HI/c1-22-21(23-11-8-18-9-14-25(2)15-10-18)24-17-19(20-7-6-16-27-20)26-12-4-3-5-13-26;/h6-7,16,18-19H,3-5,8-15,17H2,1-2H3,(H2,22,23,24);1H. The van der Waals surface area contributed by atoms with Crippen molar-refractivity contribution < 1.29 is 4.42 Å². The van der Waals surface area contributed by atoms with Crippen LogP contribution in [0.4, 0.5) is 0 Å². The molecule has 0 aromatic carbocycles. The third-order valence-corrected chi connectivity index (χ3v) is 6.07. The first-order valence-corrected chi connectivity index (χ1v) is 10.7. The van der Waals surface area contributed by atoms with Gasteiger partial charge in [0.1, 0.15) is 5.76 Å². The molecule has 2 aliphatic rings. The molecule has 0 spiro atoms. The van der Waals surface area contributed by atoms with Gasteiger partial charge in [-0.25, -0.2) is 0 Å². The van der Waals surface area contributed by atoms with E-state index < -0.39 is 0 Å². The summed E-state index contributed by atoms with van der Waals surface area (Å²) in [6.07, 6.45) is 9.54. The maximum Gasteiger partial charge on any atom is 0.191 e. The van der Waals surface area contributed by atoms with Crippen LogP contribution in [0, 0.1) is 5.92 Å². The van der Waals surface area contributed by atoms with Gasteiger partial charge in [0.05, 0.1) is 12.3 Å². The fourth-order valence-electron chi connectivity index (χ4n) is 4.28. The predicted molar refractivity (Wildman–Crippen MR) is 126 cm³/mol. The molecule has 1 unspecified atom stereocenters. The molecule has 6 nitrogen and oxygen atoms in total. The highest BCUT2D eigenvalue weighted by atomic mass is 127. The molecule has 1 atom stereocenters. The van der Waals surface area contributed by atoms with E-state index in [9.17, 15) is 0 Å². The van der Waals surface area contributed by atoms with Crippen LogP contribution in [-0.4, -0.2) is 69.1 Å². The highest BCUT2D eigenvalue weighted by Gasteiger charge is 2.24. The Hall–Kier alpha value is -0.800. The molecule has 2 N–H and O–H groups in total. The molecule has 160 valence electrons. The second kappa shape index (κ2) is 12.7. The molecular formula is C21H38IN5O. The SMILES string of the molecule is CN=C(NCCC1CCN(C)CC1)NCC(c1ccco1)N1CCCCC1.I. The number of hydrogen-bond donors (Lipinski definition) is 2. The first-order valence-electron chi connectivity index (χ1n) is 10.7. The molecule has 0 bridgehead atoms. The van der Waals surface area contributed by atoms with Gasteiger partial charge in [-0.3, -0.25) is 9.89 Å². The molecule has 2 aliphatic heterocycles. The molecule has 0 radical (unpaired) electrons. The van der Waals surface area contributed by atoms with E-state index in [4.69, 9.17) is 4.42 Å². The first kappa shape index (κ1) is 23.5. The Bertz CT molecular complexity index is 551. The number of guanidine groups is 1. The molecule has 3 heterocycles. The fraction of sp³-hybridized carbons (Fsp3) is 0.762. The van der Waals surface area contributed by atoms with E-state index in [0.717, 1.165) is 43.8 Å². The monoisotopic (exact) mass is 503 g/mol. The van der Waals surface area contributed by atoms with Crippen molar-refractivity contribution in [2.24, 2.45) is 10.9 Å². The lowest BCUT2D eigenvalue weighted by atomic mass is 9.94. The molecule has 28 heavy (non-hydrogen) atoms. The van der Waals surface area contributed by atoms with Crippen LogP contribution >= 0.6 is 24.0 Å². The van der Waals surface area contributed by atoms with Gasteiger partial charge in [0, 0.05) is 20.1 Å². The van der Waals surface area contributed by atoms with Gasteiger partial charge < -0.3 is 20.0 Å². The maximum atomic E-state index is 5.74. The average molecular weight is 503 g/mol. The lowest BCUT2D eigenvalue weighted by Gasteiger charge is -2.33. The summed E-state index contributed by atoms with van der Waals surface area (Å²) in [6.45, 7) is 6.58. The summed E-state index contributed by atoms with van der Waals surface area (Å²) in [5, 5.41) is 7.04. The number of halogens is 1.